The molecule has 1 aromatic carbocycles. The number of ether oxygens (including phenoxy) is 1. The largest absolute Gasteiger partial charge is 0.385 e. The van der Waals surface area contributed by atoms with Crippen LogP contribution < -0.4 is 11.5 Å². The van der Waals surface area contributed by atoms with Crippen molar-refractivity contribution in [1.82, 2.24) is 0 Å². The molecule has 1 aromatic rings. The number of aliphatic imine (C=N–C) groups is 1. The van der Waals surface area contributed by atoms with E-state index < -0.39 is 17.9 Å². The van der Waals surface area contributed by atoms with Gasteiger partial charge in [0, 0.05) is 5.56 Å². The highest BCUT2D eigenvalue weighted by Crippen LogP contribution is 2.35. The summed E-state index contributed by atoms with van der Waals surface area (Å²) in [6.07, 6.45) is -2.81. The van der Waals surface area contributed by atoms with Gasteiger partial charge in [0.1, 0.15) is 12.4 Å². The lowest BCUT2D eigenvalue weighted by atomic mass is 9.89. The molecular weight excluding hydrogens is 292 g/mol. The summed E-state index contributed by atoms with van der Waals surface area (Å²) in [5.74, 6) is -0.698. The number of hydrogen-bond donors (Lipinski definition) is 2. The van der Waals surface area contributed by atoms with Crippen molar-refractivity contribution in [3.8, 4) is 0 Å². The van der Waals surface area contributed by atoms with Crippen LogP contribution in [0.5, 0.6) is 0 Å². The SMILES string of the molecule is Cl.NC(=O)c1cccc(C2(C(F)F)COCC(N)=N2)c1. The Hall–Kier alpha value is -1.73. The topological polar surface area (TPSA) is 90.7 Å². The van der Waals surface area contributed by atoms with E-state index in [9.17, 15) is 13.6 Å². The maximum absolute atomic E-state index is 13.4. The third-order valence-electron chi connectivity index (χ3n) is 2.92. The van der Waals surface area contributed by atoms with Crippen LogP contribution in [0.25, 0.3) is 0 Å². The standard InChI is InChI=1S/C12H13F2N3O2.ClH/c13-11(14)12(6-19-5-9(15)17-12)8-3-1-2-7(4-8)10(16)18;/h1-4,11H,5-6H2,(H2,15,17)(H2,16,18);1H. The highest BCUT2D eigenvalue weighted by atomic mass is 35.5. The van der Waals surface area contributed by atoms with Crippen LogP contribution in [0.1, 0.15) is 15.9 Å². The van der Waals surface area contributed by atoms with Gasteiger partial charge in [-0.1, -0.05) is 12.1 Å². The first-order chi connectivity index (χ1) is 8.95. The lowest BCUT2D eigenvalue weighted by molar-refractivity contribution is -0.0129. The van der Waals surface area contributed by atoms with Crippen molar-refractivity contribution in [1.29, 1.82) is 0 Å². The second-order valence-electron chi connectivity index (χ2n) is 4.27. The average Bonchev–Trinajstić information content (AvgIpc) is 2.38. The number of carbonyl (C=O) groups is 1. The molecule has 1 unspecified atom stereocenters. The van der Waals surface area contributed by atoms with Gasteiger partial charge < -0.3 is 16.2 Å². The van der Waals surface area contributed by atoms with E-state index in [2.05, 4.69) is 4.99 Å². The van der Waals surface area contributed by atoms with Gasteiger partial charge in [-0.15, -0.1) is 12.4 Å². The molecule has 4 N–H and O–H groups in total. The Labute approximate surface area is 120 Å². The first-order valence-corrected chi connectivity index (χ1v) is 5.56. The number of hydrogen-bond acceptors (Lipinski definition) is 4. The molecule has 0 spiro atoms. The molecule has 5 nitrogen and oxygen atoms in total. The van der Waals surface area contributed by atoms with Crippen LogP contribution in [0.3, 0.4) is 0 Å². The molecule has 0 aromatic heterocycles. The van der Waals surface area contributed by atoms with E-state index in [4.69, 9.17) is 16.2 Å². The van der Waals surface area contributed by atoms with Crippen LogP contribution in [0.15, 0.2) is 29.3 Å². The molecule has 1 heterocycles. The Morgan fingerprint density at radius 1 is 1.45 bits per heavy atom. The Morgan fingerprint density at radius 3 is 2.70 bits per heavy atom. The molecule has 0 saturated carbocycles. The average molecular weight is 306 g/mol. The summed E-state index contributed by atoms with van der Waals surface area (Å²) in [4.78, 5) is 15.0. The van der Waals surface area contributed by atoms with E-state index in [1.807, 2.05) is 0 Å². The van der Waals surface area contributed by atoms with Gasteiger partial charge in [-0.3, -0.25) is 9.79 Å². The minimum Gasteiger partial charge on any atom is -0.385 e. The van der Waals surface area contributed by atoms with Gasteiger partial charge in [0.15, 0.2) is 5.54 Å². The molecule has 8 heteroatoms. The number of amides is 1. The summed E-state index contributed by atoms with van der Waals surface area (Å²) in [7, 11) is 0. The second-order valence-corrected chi connectivity index (χ2v) is 4.27. The molecule has 1 aliphatic heterocycles. The lowest BCUT2D eigenvalue weighted by Gasteiger charge is -2.33. The molecule has 0 aliphatic carbocycles. The van der Waals surface area contributed by atoms with E-state index in [0.717, 1.165) is 0 Å². The first kappa shape index (κ1) is 16.3. The van der Waals surface area contributed by atoms with Crippen molar-refractivity contribution in [2.45, 2.75) is 12.0 Å². The van der Waals surface area contributed by atoms with Gasteiger partial charge >= 0.3 is 0 Å². The number of rotatable bonds is 3. The minimum atomic E-state index is -2.81. The monoisotopic (exact) mass is 305 g/mol. The van der Waals surface area contributed by atoms with Crippen LogP contribution in [0, 0.1) is 0 Å². The number of amidine groups is 1. The second kappa shape index (κ2) is 6.15. The number of halogens is 3. The zero-order valence-electron chi connectivity index (χ0n) is 10.4. The molecule has 1 amide bonds. The van der Waals surface area contributed by atoms with E-state index in [0.29, 0.717) is 0 Å². The predicted molar refractivity (Wildman–Crippen MR) is 72.3 cm³/mol. The summed E-state index contributed by atoms with van der Waals surface area (Å²) >= 11 is 0. The zero-order chi connectivity index (χ0) is 14.0. The fourth-order valence-corrected chi connectivity index (χ4v) is 1.96. The third-order valence-corrected chi connectivity index (χ3v) is 2.92. The fraction of sp³-hybridized carbons (Fsp3) is 0.333. The number of carbonyl (C=O) groups excluding carboxylic acids is 1. The lowest BCUT2D eigenvalue weighted by Crippen LogP contribution is -2.44. The number of primary amides is 1. The van der Waals surface area contributed by atoms with Crippen LogP contribution in [0.2, 0.25) is 0 Å². The van der Waals surface area contributed by atoms with Crippen molar-refractivity contribution in [3.05, 3.63) is 35.4 Å². The van der Waals surface area contributed by atoms with Crippen molar-refractivity contribution in [2.24, 2.45) is 16.5 Å². The number of benzene rings is 1. The number of nitrogens with zero attached hydrogens (tertiary/aromatic N) is 1. The van der Waals surface area contributed by atoms with Crippen molar-refractivity contribution < 1.29 is 18.3 Å². The van der Waals surface area contributed by atoms with Crippen molar-refractivity contribution in [2.75, 3.05) is 13.2 Å². The molecule has 20 heavy (non-hydrogen) atoms. The molecule has 2 rings (SSSR count). The molecule has 1 atom stereocenters. The molecule has 0 fully saturated rings. The molecule has 1 aliphatic rings. The molecule has 0 radical (unpaired) electrons. The Balaban J connectivity index is 0.00000200. The van der Waals surface area contributed by atoms with Gasteiger partial charge in [0.05, 0.1) is 6.61 Å². The van der Waals surface area contributed by atoms with Crippen molar-refractivity contribution >= 4 is 24.1 Å². The summed E-state index contributed by atoms with van der Waals surface area (Å²) in [6.45, 7) is -0.280. The summed E-state index contributed by atoms with van der Waals surface area (Å²) in [6, 6.07) is 5.66. The maximum Gasteiger partial charge on any atom is 0.269 e. The van der Waals surface area contributed by atoms with E-state index >= 15 is 0 Å². The quantitative estimate of drug-likeness (QED) is 0.874. The normalized spacial score (nSPS) is 22.1. The molecule has 110 valence electrons. The van der Waals surface area contributed by atoms with Gasteiger partial charge in [-0.2, -0.15) is 0 Å². The van der Waals surface area contributed by atoms with Gasteiger partial charge in [0.25, 0.3) is 6.43 Å². The predicted octanol–water partition coefficient (Wildman–Crippen LogP) is 1.06. The number of alkyl halides is 2. The van der Waals surface area contributed by atoms with Gasteiger partial charge in [-0.05, 0) is 17.7 Å². The Bertz CT molecular complexity index is 539. The third kappa shape index (κ3) is 2.88. The van der Waals surface area contributed by atoms with E-state index in [1.165, 1.54) is 24.3 Å². The first-order valence-electron chi connectivity index (χ1n) is 5.56. The molecular formula is C12H14ClF2N3O2. The molecule has 0 saturated heterocycles. The summed E-state index contributed by atoms with van der Waals surface area (Å²) in [5, 5.41) is 0. The van der Waals surface area contributed by atoms with Gasteiger partial charge in [-0.25, -0.2) is 8.78 Å². The van der Waals surface area contributed by atoms with Crippen LogP contribution in [0.4, 0.5) is 8.78 Å². The van der Waals surface area contributed by atoms with E-state index in [1.54, 1.807) is 0 Å². The smallest absolute Gasteiger partial charge is 0.269 e. The zero-order valence-corrected chi connectivity index (χ0v) is 11.2. The Kier molecular flexibility index (Phi) is 5.02. The van der Waals surface area contributed by atoms with Crippen LogP contribution in [-0.4, -0.2) is 31.4 Å². The fourth-order valence-electron chi connectivity index (χ4n) is 1.96. The minimum absolute atomic E-state index is 0. The van der Waals surface area contributed by atoms with Crippen LogP contribution in [-0.2, 0) is 10.3 Å². The highest BCUT2D eigenvalue weighted by Gasteiger charge is 2.44. The highest BCUT2D eigenvalue weighted by molar-refractivity contribution is 5.93. The summed E-state index contributed by atoms with van der Waals surface area (Å²) < 4.78 is 31.9. The molecule has 0 bridgehead atoms. The van der Waals surface area contributed by atoms with E-state index in [-0.39, 0.29) is 42.6 Å². The number of nitrogens with two attached hydrogens (primary N) is 2. The Morgan fingerprint density at radius 2 is 2.15 bits per heavy atom. The van der Waals surface area contributed by atoms with Gasteiger partial charge in [0.2, 0.25) is 5.91 Å². The van der Waals surface area contributed by atoms with Crippen molar-refractivity contribution in [3.63, 3.8) is 0 Å². The van der Waals surface area contributed by atoms with Crippen LogP contribution >= 0.6 is 12.4 Å². The maximum atomic E-state index is 13.4. The summed E-state index contributed by atoms with van der Waals surface area (Å²) in [5.41, 5.74) is 9.03.